The van der Waals surface area contributed by atoms with Crippen LogP contribution in [-0.4, -0.2) is 19.7 Å². The number of nitrogens with one attached hydrogen (secondary N) is 1. The normalized spacial score (nSPS) is 20.4. The lowest BCUT2D eigenvalue weighted by atomic mass is 9.92. The minimum absolute atomic E-state index is 0.574. The predicted molar refractivity (Wildman–Crippen MR) is 67.0 cm³/mol. The monoisotopic (exact) mass is 217 g/mol. The van der Waals surface area contributed by atoms with E-state index in [1.165, 1.54) is 18.4 Å². The molecule has 1 aliphatic rings. The van der Waals surface area contributed by atoms with Gasteiger partial charge in [0, 0.05) is 6.54 Å². The number of hydrogen-bond donors (Lipinski definition) is 1. The van der Waals surface area contributed by atoms with E-state index in [0.29, 0.717) is 12.5 Å². The fourth-order valence-corrected chi connectivity index (χ4v) is 2.13. The van der Waals surface area contributed by atoms with Gasteiger partial charge < -0.3 is 10.1 Å². The molecule has 1 fully saturated rings. The van der Waals surface area contributed by atoms with Gasteiger partial charge in [0.1, 0.15) is 12.4 Å². The van der Waals surface area contributed by atoms with Crippen molar-refractivity contribution in [2.45, 2.75) is 18.8 Å². The summed E-state index contributed by atoms with van der Waals surface area (Å²) in [6.07, 6.45) is 4.33. The summed E-state index contributed by atoms with van der Waals surface area (Å²) in [5.74, 6) is 1.59. The number of piperidine rings is 1. The highest BCUT2D eigenvalue weighted by Gasteiger charge is 2.14. The van der Waals surface area contributed by atoms with Crippen molar-refractivity contribution >= 4 is 0 Å². The van der Waals surface area contributed by atoms with Crippen LogP contribution in [-0.2, 0) is 0 Å². The third-order valence-corrected chi connectivity index (χ3v) is 3.02. The maximum absolute atomic E-state index is 5.46. The Bertz CT molecular complexity index is 325. The molecule has 1 aromatic rings. The lowest BCUT2D eigenvalue weighted by Crippen LogP contribution is -2.28. The Hall–Kier alpha value is -1.28. The van der Waals surface area contributed by atoms with Gasteiger partial charge in [-0.05, 0) is 43.0 Å². The molecule has 1 N–H and O–H groups in total. The molecule has 0 spiro atoms. The van der Waals surface area contributed by atoms with Crippen molar-refractivity contribution in [1.29, 1.82) is 0 Å². The summed E-state index contributed by atoms with van der Waals surface area (Å²) in [5.41, 5.74) is 1.41. The van der Waals surface area contributed by atoms with E-state index in [4.69, 9.17) is 4.74 Å². The summed E-state index contributed by atoms with van der Waals surface area (Å²) in [5, 5.41) is 3.44. The lowest BCUT2D eigenvalue weighted by Gasteiger charge is -2.23. The first-order valence-electron chi connectivity index (χ1n) is 5.94. The molecule has 1 heterocycles. The smallest absolute Gasteiger partial charge is 0.119 e. The van der Waals surface area contributed by atoms with E-state index in [1.54, 1.807) is 6.08 Å². The van der Waals surface area contributed by atoms with E-state index in [9.17, 15) is 0 Å². The Morgan fingerprint density at radius 2 is 2.19 bits per heavy atom. The molecule has 16 heavy (non-hydrogen) atoms. The van der Waals surface area contributed by atoms with Gasteiger partial charge in [-0.15, -0.1) is 0 Å². The zero-order valence-corrected chi connectivity index (χ0v) is 9.61. The van der Waals surface area contributed by atoms with Gasteiger partial charge in [0.25, 0.3) is 0 Å². The quantitative estimate of drug-likeness (QED) is 0.783. The molecular formula is C14H19NO. The molecule has 1 aliphatic heterocycles. The first-order chi connectivity index (χ1) is 7.90. The van der Waals surface area contributed by atoms with E-state index in [1.807, 2.05) is 12.1 Å². The standard InChI is InChI=1S/C14H19NO/c1-2-10-16-14-7-5-12(6-8-14)13-4-3-9-15-11-13/h2,5-8,13,15H,1,3-4,9-11H2. The third kappa shape index (κ3) is 2.86. The maximum Gasteiger partial charge on any atom is 0.119 e. The van der Waals surface area contributed by atoms with Crippen molar-refractivity contribution in [3.8, 4) is 5.75 Å². The van der Waals surface area contributed by atoms with Gasteiger partial charge in [0.2, 0.25) is 0 Å². The van der Waals surface area contributed by atoms with Crippen molar-refractivity contribution < 1.29 is 4.74 Å². The highest BCUT2D eigenvalue weighted by molar-refractivity contribution is 5.30. The molecule has 0 bridgehead atoms. The molecule has 86 valence electrons. The largest absolute Gasteiger partial charge is 0.490 e. The number of ether oxygens (including phenoxy) is 1. The van der Waals surface area contributed by atoms with E-state index >= 15 is 0 Å². The average molecular weight is 217 g/mol. The molecule has 0 aromatic heterocycles. The second-order valence-electron chi connectivity index (χ2n) is 4.21. The van der Waals surface area contributed by atoms with Crippen LogP contribution >= 0.6 is 0 Å². The van der Waals surface area contributed by atoms with Crippen LogP contribution in [0.2, 0.25) is 0 Å². The van der Waals surface area contributed by atoms with Gasteiger partial charge in [-0.25, -0.2) is 0 Å². The van der Waals surface area contributed by atoms with Crippen molar-refractivity contribution in [3.05, 3.63) is 42.5 Å². The first kappa shape index (κ1) is 11.2. The molecule has 0 saturated carbocycles. The van der Waals surface area contributed by atoms with Crippen molar-refractivity contribution in [2.24, 2.45) is 0 Å². The summed E-state index contributed by atoms with van der Waals surface area (Å²) in [7, 11) is 0. The van der Waals surface area contributed by atoms with Gasteiger partial charge in [0.15, 0.2) is 0 Å². The molecule has 1 atom stereocenters. The number of rotatable bonds is 4. The molecular weight excluding hydrogens is 198 g/mol. The fourth-order valence-electron chi connectivity index (χ4n) is 2.13. The molecule has 2 nitrogen and oxygen atoms in total. The van der Waals surface area contributed by atoms with Gasteiger partial charge in [-0.2, -0.15) is 0 Å². The third-order valence-electron chi connectivity index (χ3n) is 3.02. The molecule has 1 saturated heterocycles. The van der Waals surface area contributed by atoms with E-state index in [0.717, 1.165) is 18.8 Å². The zero-order chi connectivity index (χ0) is 11.2. The number of benzene rings is 1. The summed E-state index contributed by atoms with van der Waals surface area (Å²) in [6, 6.07) is 8.45. The van der Waals surface area contributed by atoms with E-state index in [2.05, 4.69) is 24.0 Å². The second-order valence-corrected chi connectivity index (χ2v) is 4.21. The van der Waals surface area contributed by atoms with Crippen molar-refractivity contribution in [2.75, 3.05) is 19.7 Å². The predicted octanol–water partition coefficient (Wildman–Crippen LogP) is 2.72. The Labute approximate surface area is 97.3 Å². The van der Waals surface area contributed by atoms with Crippen LogP contribution in [0, 0.1) is 0 Å². The Morgan fingerprint density at radius 1 is 1.38 bits per heavy atom. The molecule has 2 heteroatoms. The van der Waals surface area contributed by atoms with Gasteiger partial charge >= 0.3 is 0 Å². The lowest BCUT2D eigenvalue weighted by molar-refractivity contribution is 0.363. The van der Waals surface area contributed by atoms with Gasteiger partial charge in [0.05, 0.1) is 0 Å². The Balaban J connectivity index is 1.97. The van der Waals surface area contributed by atoms with Gasteiger partial charge in [-0.1, -0.05) is 24.8 Å². The van der Waals surface area contributed by atoms with Crippen LogP contribution in [0.1, 0.15) is 24.3 Å². The molecule has 0 radical (unpaired) electrons. The van der Waals surface area contributed by atoms with Crippen LogP contribution in [0.15, 0.2) is 36.9 Å². The molecule has 1 unspecified atom stereocenters. The van der Waals surface area contributed by atoms with E-state index < -0.39 is 0 Å². The SMILES string of the molecule is C=CCOc1ccc(C2CCCNC2)cc1. The second kappa shape index (κ2) is 5.71. The summed E-state index contributed by atoms with van der Waals surface area (Å²) >= 11 is 0. The molecule has 0 aliphatic carbocycles. The Kier molecular flexibility index (Phi) is 4.00. The first-order valence-corrected chi connectivity index (χ1v) is 5.94. The topological polar surface area (TPSA) is 21.3 Å². The van der Waals surface area contributed by atoms with Crippen LogP contribution < -0.4 is 10.1 Å². The average Bonchev–Trinajstić information content (AvgIpc) is 2.38. The van der Waals surface area contributed by atoms with Crippen LogP contribution in [0.3, 0.4) is 0 Å². The fraction of sp³-hybridized carbons (Fsp3) is 0.429. The maximum atomic E-state index is 5.46. The summed E-state index contributed by atoms with van der Waals surface area (Å²) < 4.78 is 5.46. The molecule has 0 amide bonds. The molecule has 2 rings (SSSR count). The molecule has 1 aromatic carbocycles. The van der Waals surface area contributed by atoms with Crippen LogP contribution in [0.5, 0.6) is 5.75 Å². The van der Waals surface area contributed by atoms with Crippen LogP contribution in [0.4, 0.5) is 0 Å². The highest BCUT2D eigenvalue weighted by atomic mass is 16.5. The van der Waals surface area contributed by atoms with Crippen LogP contribution in [0.25, 0.3) is 0 Å². The minimum Gasteiger partial charge on any atom is -0.490 e. The Morgan fingerprint density at radius 3 is 2.81 bits per heavy atom. The minimum atomic E-state index is 0.574. The number of hydrogen-bond acceptors (Lipinski definition) is 2. The van der Waals surface area contributed by atoms with Crippen molar-refractivity contribution in [3.63, 3.8) is 0 Å². The summed E-state index contributed by atoms with van der Waals surface area (Å²) in [6.45, 7) is 6.47. The zero-order valence-electron chi connectivity index (χ0n) is 9.61. The van der Waals surface area contributed by atoms with E-state index in [-0.39, 0.29) is 0 Å². The highest BCUT2D eigenvalue weighted by Crippen LogP contribution is 2.24. The van der Waals surface area contributed by atoms with Gasteiger partial charge in [-0.3, -0.25) is 0 Å². The summed E-state index contributed by atoms with van der Waals surface area (Å²) in [4.78, 5) is 0. The van der Waals surface area contributed by atoms with Crippen molar-refractivity contribution in [1.82, 2.24) is 5.32 Å².